The monoisotopic (exact) mass is 616 g/mol. The molecule has 5 nitrogen and oxygen atoms in total. The number of rotatable bonds is 12. The molecule has 45 heavy (non-hydrogen) atoms. The normalized spacial score (nSPS) is 26.6. The summed E-state index contributed by atoms with van der Waals surface area (Å²) in [5.41, 5.74) is -1.29. The number of carbonyl (C=O) groups is 2. The minimum absolute atomic E-state index is 0.0401. The first-order valence-electron chi connectivity index (χ1n) is 17.3. The number of hydrogen-bond acceptors (Lipinski definition) is 5. The highest BCUT2D eigenvalue weighted by Gasteiger charge is 2.59. The van der Waals surface area contributed by atoms with Gasteiger partial charge in [-0.05, 0) is 153 Å². The van der Waals surface area contributed by atoms with Crippen LogP contribution in [-0.2, 0) is 24.7 Å². The van der Waals surface area contributed by atoms with E-state index in [2.05, 4.69) is 20.8 Å². The molecule has 0 radical (unpaired) electrons. The largest absolute Gasteiger partial charge is 0.508 e. The van der Waals surface area contributed by atoms with Crippen LogP contribution in [0, 0.1) is 34.0 Å². The lowest BCUT2D eigenvalue weighted by molar-refractivity contribution is -0.208. The molecule has 0 saturated heterocycles. The molecule has 0 aliphatic heterocycles. The van der Waals surface area contributed by atoms with Crippen molar-refractivity contribution in [3.8, 4) is 5.75 Å². The van der Waals surface area contributed by atoms with Crippen LogP contribution in [0.4, 0.5) is 0 Å². The van der Waals surface area contributed by atoms with E-state index in [0.717, 1.165) is 54.6 Å². The molecule has 4 aliphatic rings. The van der Waals surface area contributed by atoms with Crippen LogP contribution in [0.25, 0.3) is 0 Å². The molecule has 2 aromatic rings. The van der Waals surface area contributed by atoms with Crippen molar-refractivity contribution in [3.63, 3.8) is 0 Å². The molecule has 4 bridgehead atoms. The van der Waals surface area contributed by atoms with Crippen molar-refractivity contribution in [1.82, 2.24) is 0 Å². The van der Waals surface area contributed by atoms with Crippen LogP contribution in [-0.4, -0.2) is 22.6 Å². The summed E-state index contributed by atoms with van der Waals surface area (Å²) in [5, 5.41) is 9.91. The van der Waals surface area contributed by atoms with Gasteiger partial charge in [-0.25, -0.2) is 0 Å². The standard InChI is InChI=1S/C40H56O5/c1-9-30(31-15-17-33(41)18-16-31)25-39(8,35(43)44-37(4,5)32-13-11-10-12-14-32)26-36(2,3)34(42)45-38(6,7)40-22-27-19-28(23-40)21-29(20-27)24-40/h10-18,27-30,41H,9,19-26H2,1-8H3. The first-order valence-corrected chi connectivity index (χ1v) is 17.3. The summed E-state index contributed by atoms with van der Waals surface area (Å²) in [5.74, 6) is 2.00. The van der Waals surface area contributed by atoms with Crippen molar-refractivity contribution >= 4 is 11.9 Å². The van der Waals surface area contributed by atoms with E-state index in [9.17, 15) is 14.7 Å². The van der Waals surface area contributed by atoms with Crippen molar-refractivity contribution in [1.29, 1.82) is 0 Å². The molecule has 0 heterocycles. The summed E-state index contributed by atoms with van der Waals surface area (Å²) in [4.78, 5) is 28.6. The third kappa shape index (κ3) is 6.83. The molecule has 4 aliphatic carbocycles. The molecule has 246 valence electrons. The number of carbonyl (C=O) groups excluding carboxylic acids is 2. The summed E-state index contributed by atoms with van der Waals surface area (Å²) in [6.07, 6.45) is 9.10. The Labute approximate surface area is 271 Å². The Bertz CT molecular complexity index is 1320. The smallest absolute Gasteiger partial charge is 0.312 e. The predicted octanol–water partition coefficient (Wildman–Crippen LogP) is 9.72. The third-order valence-corrected chi connectivity index (χ3v) is 11.9. The second kappa shape index (κ2) is 12.1. The van der Waals surface area contributed by atoms with Gasteiger partial charge in [-0.1, -0.05) is 49.4 Å². The Morgan fingerprint density at radius 3 is 1.84 bits per heavy atom. The molecule has 5 heteroatoms. The number of hydrogen-bond donors (Lipinski definition) is 1. The van der Waals surface area contributed by atoms with Crippen LogP contribution in [0.2, 0.25) is 0 Å². The number of aromatic hydroxyl groups is 1. The molecule has 2 atom stereocenters. The lowest BCUT2D eigenvalue weighted by Crippen LogP contribution is -2.58. The van der Waals surface area contributed by atoms with Gasteiger partial charge in [0.1, 0.15) is 17.0 Å². The lowest BCUT2D eigenvalue weighted by atomic mass is 9.46. The summed E-state index contributed by atoms with van der Waals surface area (Å²) in [7, 11) is 0. The fourth-order valence-corrected chi connectivity index (χ4v) is 9.64. The minimum Gasteiger partial charge on any atom is -0.508 e. The van der Waals surface area contributed by atoms with E-state index in [1.54, 1.807) is 12.1 Å². The number of phenols is 1. The molecule has 0 amide bonds. The van der Waals surface area contributed by atoms with Gasteiger partial charge < -0.3 is 14.6 Å². The first-order chi connectivity index (χ1) is 21.0. The number of benzene rings is 2. The van der Waals surface area contributed by atoms with E-state index in [4.69, 9.17) is 9.47 Å². The highest BCUT2D eigenvalue weighted by atomic mass is 16.6. The fourth-order valence-electron chi connectivity index (χ4n) is 9.64. The zero-order valence-electron chi connectivity index (χ0n) is 28.9. The van der Waals surface area contributed by atoms with Crippen molar-refractivity contribution in [2.75, 3.05) is 0 Å². The van der Waals surface area contributed by atoms with Gasteiger partial charge in [-0.15, -0.1) is 0 Å². The number of phenolic OH excluding ortho intramolecular Hbond substituents is 1. The fraction of sp³-hybridized carbons (Fsp3) is 0.650. The molecular weight excluding hydrogens is 560 g/mol. The molecule has 4 saturated carbocycles. The van der Waals surface area contributed by atoms with Gasteiger partial charge >= 0.3 is 11.9 Å². The Morgan fingerprint density at radius 2 is 1.33 bits per heavy atom. The molecule has 2 aromatic carbocycles. The van der Waals surface area contributed by atoms with Crippen LogP contribution in [0.15, 0.2) is 54.6 Å². The van der Waals surface area contributed by atoms with E-state index in [0.29, 0.717) is 12.8 Å². The van der Waals surface area contributed by atoms with E-state index < -0.39 is 22.0 Å². The summed E-state index contributed by atoms with van der Waals surface area (Å²) >= 11 is 0. The number of ether oxygens (including phenoxy) is 2. The maximum Gasteiger partial charge on any atom is 0.312 e. The van der Waals surface area contributed by atoms with E-state index in [-0.39, 0.29) is 29.0 Å². The van der Waals surface area contributed by atoms with Gasteiger partial charge in [-0.2, -0.15) is 0 Å². The average Bonchev–Trinajstić information content (AvgIpc) is 2.95. The maximum absolute atomic E-state index is 14.4. The molecule has 0 spiro atoms. The topological polar surface area (TPSA) is 72.8 Å². The van der Waals surface area contributed by atoms with Crippen LogP contribution in [0.1, 0.15) is 130 Å². The summed E-state index contributed by atoms with van der Waals surface area (Å²) < 4.78 is 12.9. The van der Waals surface area contributed by atoms with Gasteiger partial charge in [0.05, 0.1) is 10.8 Å². The quantitative estimate of drug-likeness (QED) is 0.240. The second-order valence-corrected chi connectivity index (χ2v) is 16.9. The Hall–Kier alpha value is -2.82. The van der Waals surface area contributed by atoms with Crippen molar-refractivity contribution in [2.45, 2.75) is 130 Å². The van der Waals surface area contributed by atoms with Crippen LogP contribution in [0.5, 0.6) is 5.75 Å². The van der Waals surface area contributed by atoms with Crippen molar-refractivity contribution < 1.29 is 24.2 Å². The average molecular weight is 617 g/mol. The molecular formula is C40H56O5. The third-order valence-electron chi connectivity index (χ3n) is 11.9. The van der Waals surface area contributed by atoms with E-state index >= 15 is 0 Å². The Kier molecular flexibility index (Phi) is 9.01. The molecule has 1 N–H and O–H groups in total. The maximum atomic E-state index is 14.4. The first kappa shape index (κ1) is 33.5. The van der Waals surface area contributed by atoms with Crippen molar-refractivity contribution in [2.24, 2.45) is 34.0 Å². The van der Waals surface area contributed by atoms with Gasteiger partial charge in [0.15, 0.2) is 0 Å². The Morgan fingerprint density at radius 1 is 0.800 bits per heavy atom. The van der Waals surface area contributed by atoms with Gasteiger partial charge in [-0.3, -0.25) is 9.59 Å². The molecule has 2 unspecified atom stereocenters. The van der Waals surface area contributed by atoms with Gasteiger partial charge in [0.25, 0.3) is 0 Å². The number of esters is 2. The molecule has 0 aromatic heterocycles. The van der Waals surface area contributed by atoms with Gasteiger partial charge in [0.2, 0.25) is 0 Å². The summed E-state index contributed by atoms with van der Waals surface area (Å²) in [6, 6.07) is 17.0. The predicted molar refractivity (Wildman–Crippen MR) is 179 cm³/mol. The highest BCUT2D eigenvalue weighted by molar-refractivity contribution is 5.81. The zero-order valence-corrected chi connectivity index (χ0v) is 28.9. The summed E-state index contributed by atoms with van der Waals surface area (Å²) in [6.45, 7) is 16.1. The van der Waals surface area contributed by atoms with E-state index in [1.165, 1.54) is 19.3 Å². The molecule has 6 rings (SSSR count). The zero-order chi connectivity index (χ0) is 32.8. The Balaban J connectivity index is 1.40. The van der Waals surface area contributed by atoms with Crippen LogP contribution >= 0.6 is 0 Å². The lowest BCUT2D eigenvalue weighted by Gasteiger charge is -2.61. The minimum atomic E-state index is -0.974. The SMILES string of the molecule is CCC(CC(C)(CC(C)(C)C(=O)OC(C)(C)C12CC3CC(CC(C3)C1)C2)C(=O)OC(C)(C)c1ccccc1)c1ccc(O)cc1. The van der Waals surface area contributed by atoms with Crippen LogP contribution in [0.3, 0.4) is 0 Å². The van der Waals surface area contributed by atoms with Crippen LogP contribution < -0.4 is 0 Å². The highest BCUT2D eigenvalue weighted by Crippen LogP contribution is 2.64. The molecule has 4 fully saturated rings. The van der Waals surface area contributed by atoms with Gasteiger partial charge in [0, 0.05) is 5.41 Å². The van der Waals surface area contributed by atoms with E-state index in [1.807, 2.05) is 77.1 Å². The second-order valence-electron chi connectivity index (χ2n) is 16.9. The van der Waals surface area contributed by atoms with Crippen molar-refractivity contribution in [3.05, 3.63) is 65.7 Å².